The van der Waals surface area contributed by atoms with Gasteiger partial charge in [0.05, 0.1) is 5.69 Å². The molecule has 27 heavy (non-hydrogen) atoms. The number of nitrogens with zero attached hydrogens (tertiary/aromatic N) is 3. The first-order valence-corrected chi connectivity index (χ1v) is 8.65. The van der Waals surface area contributed by atoms with E-state index in [1.165, 1.54) is 6.07 Å². The van der Waals surface area contributed by atoms with E-state index in [1.54, 1.807) is 24.5 Å². The zero-order valence-electron chi connectivity index (χ0n) is 14.3. The third-order valence-corrected chi connectivity index (χ3v) is 4.70. The molecule has 0 bridgehead atoms. The highest BCUT2D eigenvalue weighted by Crippen LogP contribution is 2.35. The predicted octanol–water partition coefficient (Wildman–Crippen LogP) is 5.65. The second-order valence-electron chi connectivity index (χ2n) is 6.31. The van der Waals surface area contributed by atoms with Crippen LogP contribution in [0.1, 0.15) is 0 Å². The van der Waals surface area contributed by atoms with Crippen molar-refractivity contribution in [3.8, 4) is 22.4 Å². The molecular formula is C23H14FN3. The van der Waals surface area contributed by atoms with E-state index in [0.717, 1.165) is 27.3 Å². The molecule has 0 N–H and O–H groups in total. The number of hydrogen-bond donors (Lipinski definition) is 0. The average Bonchev–Trinajstić information content (AvgIpc) is 2.73. The number of pyridine rings is 3. The van der Waals surface area contributed by atoms with E-state index in [4.69, 9.17) is 0 Å². The van der Waals surface area contributed by atoms with Crippen molar-refractivity contribution in [1.29, 1.82) is 0 Å². The van der Waals surface area contributed by atoms with E-state index in [-0.39, 0.29) is 5.82 Å². The highest BCUT2D eigenvalue weighted by Gasteiger charge is 2.14. The minimum absolute atomic E-state index is 0.298. The summed E-state index contributed by atoms with van der Waals surface area (Å²) in [5, 5.41) is 3.07. The van der Waals surface area contributed by atoms with Crippen LogP contribution in [0.15, 0.2) is 85.3 Å². The maximum atomic E-state index is 14.4. The highest BCUT2D eigenvalue weighted by atomic mass is 19.1. The van der Waals surface area contributed by atoms with Gasteiger partial charge in [0.25, 0.3) is 0 Å². The van der Waals surface area contributed by atoms with E-state index in [0.29, 0.717) is 16.9 Å². The molecule has 3 nitrogen and oxygen atoms in total. The lowest BCUT2D eigenvalue weighted by Gasteiger charge is -2.12. The molecule has 0 amide bonds. The van der Waals surface area contributed by atoms with Gasteiger partial charge in [-0.15, -0.1) is 0 Å². The normalized spacial score (nSPS) is 11.1. The maximum absolute atomic E-state index is 14.4. The second kappa shape index (κ2) is 6.25. The molecule has 0 saturated carbocycles. The van der Waals surface area contributed by atoms with Crippen molar-refractivity contribution >= 4 is 21.8 Å². The van der Waals surface area contributed by atoms with Gasteiger partial charge in [0.2, 0.25) is 0 Å². The first kappa shape index (κ1) is 15.6. The topological polar surface area (TPSA) is 38.7 Å². The summed E-state index contributed by atoms with van der Waals surface area (Å²) in [5.41, 5.74) is 3.66. The van der Waals surface area contributed by atoms with Crippen LogP contribution < -0.4 is 0 Å². The third-order valence-electron chi connectivity index (χ3n) is 4.70. The van der Waals surface area contributed by atoms with Gasteiger partial charge in [0, 0.05) is 34.9 Å². The van der Waals surface area contributed by atoms with Crippen LogP contribution in [0.4, 0.5) is 4.39 Å². The Morgan fingerprint density at radius 3 is 2.52 bits per heavy atom. The molecule has 128 valence electrons. The van der Waals surface area contributed by atoms with Crippen LogP contribution in [0.2, 0.25) is 0 Å². The molecule has 0 aliphatic rings. The molecule has 3 aromatic heterocycles. The highest BCUT2D eigenvalue weighted by molar-refractivity contribution is 6.04. The summed E-state index contributed by atoms with van der Waals surface area (Å²) in [6, 6.07) is 20.6. The standard InChI is InChI=1S/C23H14FN3/c24-21-9-2-1-6-19(21)22-13-20(18-8-4-11-26-23(18)27-22)17-7-3-5-15-14-25-12-10-16(15)17/h1-14H. The molecule has 5 rings (SSSR count). The van der Waals surface area contributed by atoms with Gasteiger partial charge < -0.3 is 0 Å². The summed E-state index contributed by atoms with van der Waals surface area (Å²) < 4.78 is 14.4. The van der Waals surface area contributed by atoms with Gasteiger partial charge in [-0.2, -0.15) is 0 Å². The summed E-state index contributed by atoms with van der Waals surface area (Å²) in [6.45, 7) is 0. The Morgan fingerprint density at radius 2 is 1.59 bits per heavy atom. The van der Waals surface area contributed by atoms with Crippen LogP contribution in [0, 0.1) is 5.82 Å². The van der Waals surface area contributed by atoms with Crippen molar-refractivity contribution in [1.82, 2.24) is 15.0 Å². The molecule has 0 unspecified atom stereocenters. The number of aromatic nitrogens is 3. The largest absolute Gasteiger partial charge is 0.264 e. The quantitative estimate of drug-likeness (QED) is 0.412. The lowest BCUT2D eigenvalue weighted by Crippen LogP contribution is -1.94. The van der Waals surface area contributed by atoms with E-state index in [2.05, 4.69) is 21.0 Å². The number of hydrogen-bond acceptors (Lipinski definition) is 3. The van der Waals surface area contributed by atoms with Crippen LogP contribution in [-0.4, -0.2) is 15.0 Å². The van der Waals surface area contributed by atoms with Crippen LogP contribution in [0.5, 0.6) is 0 Å². The summed E-state index contributed by atoms with van der Waals surface area (Å²) in [7, 11) is 0. The maximum Gasteiger partial charge on any atom is 0.160 e. The number of benzene rings is 2. The van der Waals surface area contributed by atoms with Gasteiger partial charge in [-0.05, 0) is 52.9 Å². The van der Waals surface area contributed by atoms with E-state index in [9.17, 15) is 4.39 Å². The Balaban J connectivity index is 1.87. The molecule has 0 radical (unpaired) electrons. The van der Waals surface area contributed by atoms with Gasteiger partial charge in [-0.25, -0.2) is 14.4 Å². The monoisotopic (exact) mass is 351 g/mol. The molecule has 0 saturated heterocycles. The smallest absolute Gasteiger partial charge is 0.160 e. The molecule has 0 spiro atoms. The van der Waals surface area contributed by atoms with Gasteiger partial charge >= 0.3 is 0 Å². The van der Waals surface area contributed by atoms with Crippen LogP contribution in [0.3, 0.4) is 0 Å². The van der Waals surface area contributed by atoms with Gasteiger partial charge in [-0.1, -0.05) is 30.3 Å². The zero-order chi connectivity index (χ0) is 18.2. The molecular weight excluding hydrogens is 337 g/mol. The molecule has 0 aliphatic carbocycles. The molecule has 4 heteroatoms. The SMILES string of the molecule is Fc1ccccc1-c1cc(-c2cccc3cnccc23)c2cccnc2n1. The van der Waals surface area contributed by atoms with Crippen molar-refractivity contribution in [2.24, 2.45) is 0 Å². The minimum Gasteiger partial charge on any atom is -0.264 e. The Hall–Kier alpha value is -3.66. The first-order valence-electron chi connectivity index (χ1n) is 8.65. The van der Waals surface area contributed by atoms with Crippen LogP contribution in [-0.2, 0) is 0 Å². The Morgan fingerprint density at radius 1 is 0.704 bits per heavy atom. The summed E-state index contributed by atoms with van der Waals surface area (Å²) in [5.74, 6) is -0.298. The predicted molar refractivity (Wildman–Crippen MR) is 106 cm³/mol. The zero-order valence-corrected chi connectivity index (χ0v) is 14.3. The second-order valence-corrected chi connectivity index (χ2v) is 6.31. The van der Waals surface area contributed by atoms with E-state index in [1.807, 2.05) is 48.7 Å². The van der Waals surface area contributed by atoms with Crippen molar-refractivity contribution in [3.63, 3.8) is 0 Å². The molecule has 0 fully saturated rings. The molecule has 3 heterocycles. The average molecular weight is 351 g/mol. The fraction of sp³-hybridized carbons (Fsp3) is 0. The summed E-state index contributed by atoms with van der Waals surface area (Å²) in [6.07, 6.45) is 5.33. The lowest BCUT2D eigenvalue weighted by molar-refractivity contribution is 0.631. The number of halogens is 1. The Kier molecular flexibility index (Phi) is 3.61. The van der Waals surface area contributed by atoms with Crippen molar-refractivity contribution in [3.05, 3.63) is 91.1 Å². The summed E-state index contributed by atoms with van der Waals surface area (Å²) >= 11 is 0. The lowest BCUT2D eigenvalue weighted by atomic mass is 9.95. The van der Waals surface area contributed by atoms with Gasteiger partial charge in [-0.3, -0.25) is 4.98 Å². The fourth-order valence-electron chi connectivity index (χ4n) is 3.44. The third kappa shape index (κ3) is 2.62. The Labute approximate surface area is 155 Å². The molecule has 2 aromatic carbocycles. The first-order chi connectivity index (χ1) is 13.3. The van der Waals surface area contributed by atoms with E-state index < -0.39 is 0 Å². The minimum atomic E-state index is -0.298. The molecule has 0 atom stereocenters. The van der Waals surface area contributed by atoms with Crippen molar-refractivity contribution in [2.75, 3.05) is 0 Å². The number of fused-ring (bicyclic) bond motifs is 2. The van der Waals surface area contributed by atoms with Gasteiger partial charge in [0.15, 0.2) is 5.65 Å². The van der Waals surface area contributed by atoms with Crippen LogP contribution in [0.25, 0.3) is 44.2 Å². The molecule has 0 aliphatic heterocycles. The Bertz CT molecular complexity index is 1290. The number of rotatable bonds is 2. The molecule has 5 aromatic rings. The van der Waals surface area contributed by atoms with Crippen molar-refractivity contribution in [2.45, 2.75) is 0 Å². The fourth-order valence-corrected chi connectivity index (χ4v) is 3.44. The van der Waals surface area contributed by atoms with Crippen LogP contribution >= 0.6 is 0 Å². The van der Waals surface area contributed by atoms with E-state index >= 15 is 0 Å². The summed E-state index contributed by atoms with van der Waals surface area (Å²) in [4.78, 5) is 13.2. The van der Waals surface area contributed by atoms with Gasteiger partial charge in [0.1, 0.15) is 5.82 Å². The van der Waals surface area contributed by atoms with Crippen molar-refractivity contribution < 1.29 is 4.39 Å².